The van der Waals surface area contributed by atoms with Gasteiger partial charge in [0, 0.05) is 17.7 Å². The first-order valence-corrected chi connectivity index (χ1v) is 13.7. The molecule has 0 aliphatic carbocycles. The molecule has 0 saturated carbocycles. The standard InChI is InChI=1S/C28H43NO5S/c1-18-13-11-9-7-8-10-12-14-23(19(2)15-22-17-35-21(4)29-22)34-25(31)16-24(30)28(5,6)27(33)20(3)26(18)32/h10,12,15,17-18,20,23-24,26,30,32H,7-9,11,13-14,16H2,1-6H3/t18-,20+,23-,24-,26-/m0/s1. The van der Waals surface area contributed by atoms with Crippen LogP contribution in [0, 0.1) is 24.2 Å². The summed E-state index contributed by atoms with van der Waals surface area (Å²) in [5.41, 5.74) is 0.513. The maximum Gasteiger partial charge on any atom is 0.309 e. The van der Waals surface area contributed by atoms with Gasteiger partial charge in [0.05, 0.1) is 34.7 Å². The van der Waals surface area contributed by atoms with E-state index in [9.17, 15) is 19.8 Å². The van der Waals surface area contributed by atoms with Crippen molar-refractivity contribution in [2.75, 3.05) is 0 Å². The number of hydrogen-bond donors (Lipinski definition) is 2. The number of carbonyl (C=O) groups excluding carboxylic acids is 2. The fourth-order valence-electron chi connectivity index (χ4n) is 4.53. The minimum Gasteiger partial charge on any atom is -0.457 e. The monoisotopic (exact) mass is 505 g/mol. The summed E-state index contributed by atoms with van der Waals surface area (Å²) in [5.74, 6) is -1.44. The van der Waals surface area contributed by atoms with Crippen LogP contribution >= 0.6 is 11.3 Å². The molecule has 7 heteroatoms. The predicted molar refractivity (Wildman–Crippen MR) is 141 cm³/mol. The van der Waals surface area contributed by atoms with E-state index in [2.05, 4.69) is 11.1 Å². The van der Waals surface area contributed by atoms with Crippen molar-refractivity contribution in [3.05, 3.63) is 33.8 Å². The van der Waals surface area contributed by atoms with Crippen LogP contribution in [-0.4, -0.2) is 45.3 Å². The van der Waals surface area contributed by atoms with Crippen molar-refractivity contribution >= 4 is 29.2 Å². The number of thiazole rings is 1. The van der Waals surface area contributed by atoms with Crippen LogP contribution in [0.4, 0.5) is 0 Å². The Kier molecular flexibility index (Phi) is 11.3. The van der Waals surface area contributed by atoms with Crippen LogP contribution in [0.25, 0.3) is 6.08 Å². The Labute approximate surface area is 214 Å². The van der Waals surface area contributed by atoms with Crippen LogP contribution in [0.3, 0.4) is 0 Å². The van der Waals surface area contributed by atoms with Crippen molar-refractivity contribution in [2.45, 2.75) is 105 Å². The Morgan fingerprint density at radius 3 is 2.54 bits per heavy atom. The summed E-state index contributed by atoms with van der Waals surface area (Å²) < 4.78 is 5.80. The maximum absolute atomic E-state index is 13.2. The van der Waals surface area contributed by atoms with E-state index in [0.29, 0.717) is 6.42 Å². The van der Waals surface area contributed by atoms with E-state index in [1.54, 1.807) is 32.1 Å². The molecule has 5 atom stereocenters. The Bertz CT molecular complexity index is 903. The van der Waals surface area contributed by atoms with E-state index in [1.165, 1.54) is 0 Å². The molecule has 0 fully saturated rings. The topological polar surface area (TPSA) is 96.7 Å². The van der Waals surface area contributed by atoms with Crippen molar-refractivity contribution in [3.8, 4) is 0 Å². The second-order valence-electron chi connectivity index (χ2n) is 10.6. The lowest BCUT2D eigenvalue weighted by Gasteiger charge is -2.34. The van der Waals surface area contributed by atoms with Crippen molar-refractivity contribution in [2.24, 2.45) is 17.3 Å². The van der Waals surface area contributed by atoms with E-state index in [1.807, 2.05) is 38.3 Å². The third-order valence-corrected chi connectivity index (χ3v) is 7.97. The number of allylic oxidation sites excluding steroid dienone is 1. The number of aryl methyl sites for hydroxylation is 1. The normalized spacial score (nSPS) is 30.4. The highest BCUT2D eigenvalue weighted by atomic mass is 32.1. The van der Waals surface area contributed by atoms with Gasteiger partial charge in [-0.25, -0.2) is 4.98 Å². The van der Waals surface area contributed by atoms with Gasteiger partial charge >= 0.3 is 5.97 Å². The Morgan fingerprint density at radius 1 is 1.17 bits per heavy atom. The molecule has 0 amide bonds. The van der Waals surface area contributed by atoms with E-state index in [0.717, 1.165) is 48.4 Å². The zero-order chi connectivity index (χ0) is 26.2. The maximum atomic E-state index is 13.2. The number of hydrogen-bond acceptors (Lipinski definition) is 7. The molecular formula is C28H43NO5S. The van der Waals surface area contributed by atoms with Gasteiger partial charge in [0.1, 0.15) is 11.9 Å². The third-order valence-electron chi connectivity index (χ3n) is 7.18. The summed E-state index contributed by atoms with van der Waals surface area (Å²) in [6, 6.07) is 0. The van der Waals surface area contributed by atoms with Crippen molar-refractivity contribution < 1.29 is 24.5 Å². The summed E-state index contributed by atoms with van der Waals surface area (Å²) in [6.07, 6.45) is 8.74. The van der Waals surface area contributed by atoms with Gasteiger partial charge in [-0.1, -0.05) is 52.7 Å². The minimum absolute atomic E-state index is 0.0155. The number of aliphatic hydroxyl groups is 2. The Balaban J connectivity index is 2.25. The molecule has 1 aromatic heterocycles. The number of cyclic esters (lactones) is 1. The molecule has 0 unspecified atom stereocenters. The molecule has 2 N–H and O–H groups in total. The van der Waals surface area contributed by atoms with Crippen LogP contribution in [0.2, 0.25) is 0 Å². The molecule has 1 aromatic rings. The molecule has 2 heterocycles. The van der Waals surface area contributed by atoms with Crippen molar-refractivity contribution in [1.29, 1.82) is 0 Å². The number of ketones is 1. The average Bonchev–Trinajstić information content (AvgIpc) is 3.21. The molecule has 0 spiro atoms. The molecule has 0 saturated heterocycles. The SMILES string of the molecule is CC(=Cc1csc(C)n1)[C@@H]1CC=CCCCCC[C@H](C)[C@H](O)[C@@H](C)C(=O)C(C)(C)[C@@H](O)CC(=O)O1. The second-order valence-corrected chi connectivity index (χ2v) is 11.6. The van der Waals surface area contributed by atoms with Crippen molar-refractivity contribution in [1.82, 2.24) is 4.98 Å². The lowest BCUT2D eigenvalue weighted by molar-refractivity contribution is -0.154. The van der Waals surface area contributed by atoms with Gasteiger partial charge in [0.2, 0.25) is 0 Å². The molecule has 35 heavy (non-hydrogen) atoms. The largest absolute Gasteiger partial charge is 0.457 e. The number of nitrogens with zero attached hydrogens (tertiary/aromatic N) is 1. The molecule has 0 bridgehead atoms. The molecule has 1 aliphatic heterocycles. The van der Waals surface area contributed by atoms with E-state index < -0.39 is 35.6 Å². The minimum atomic E-state index is -1.21. The lowest BCUT2D eigenvalue weighted by atomic mass is 9.73. The smallest absolute Gasteiger partial charge is 0.309 e. The molecule has 196 valence electrons. The van der Waals surface area contributed by atoms with Crippen LogP contribution in [0.5, 0.6) is 0 Å². The summed E-state index contributed by atoms with van der Waals surface area (Å²) >= 11 is 1.56. The first-order valence-electron chi connectivity index (χ1n) is 12.8. The summed E-state index contributed by atoms with van der Waals surface area (Å²) in [6.45, 7) is 10.8. The van der Waals surface area contributed by atoms with Gasteiger partial charge in [-0.2, -0.15) is 0 Å². The quantitative estimate of drug-likeness (QED) is 0.398. The Hall–Kier alpha value is -1.83. The zero-order valence-corrected chi connectivity index (χ0v) is 22.9. The number of carbonyl (C=O) groups is 2. The number of rotatable bonds is 2. The van der Waals surface area contributed by atoms with E-state index in [4.69, 9.17) is 4.74 Å². The number of esters is 1. The van der Waals surface area contributed by atoms with Gasteiger partial charge in [0.15, 0.2) is 0 Å². The highest BCUT2D eigenvalue weighted by Crippen LogP contribution is 2.32. The van der Waals surface area contributed by atoms with E-state index in [-0.39, 0.29) is 18.1 Å². The lowest BCUT2D eigenvalue weighted by Crippen LogP contribution is -2.45. The van der Waals surface area contributed by atoms with Gasteiger partial charge in [0.25, 0.3) is 0 Å². The van der Waals surface area contributed by atoms with Crippen molar-refractivity contribution in [3.63, 3.8) is 0 Å². The summed E-state index contributed by atoms with van der Waals surface area (Å²) in [5, 5.41) is 24.6. The molecule has 1 aliphatic rings. The van der Waals surface area contributed by atoms with Crippen LogP contribution in [-0.2, 0) is 14.3 Å². The van der Waals surface area contributed by atoms with Gasteiger partial charge in [-0.05, 0) is 50.7 Å². The van der Waals surface area contributed by atoms with E-state index >= 15 is 0 Å². The van der Waals surface area contributed by atoms with Gasteiger partial charge in [-0.15, -0.1) is 11.3 Å². The average molecular weight is 506 g/mol. The third kappa shape index (κ3) is 8.65. The second kappa shape index (κ2) is 13.5. The summed E-state index contributed by atoms with van der Waals surface area (Å²) in [4.78, 5) is 30.5. The summed E-state index contributed by atoms with van der Waals surface area (Å²) in [7, 11) is 0. The fourth-order valence-corrected chi connectivity index (χ4v) is 5.10. The van der Waals surface area contributed by atoms with Gasteiger partial charge < -0.3 is 14.9 Å². The number of aliphatic hydroxyl groups excluding tert-OH is 2. The van der Waals surface area contributed by atoms with Crippen LogP contribution < -0.4 is 0 Å². The first kappa shape index (κ1) is 29.4. The predicted octanol–water partition coefficient (Wildman–Crippen LogP) is 5.66. The Morgan fingerprint density at radius 2 is 1.89 bits per heavy atom. The molecular weight excluding hydrogens is 462 g/mol. The highest BCUT2D eigenvalue weighted by molar-refractivity contribution is 7.09. The molecule has 0 radical (unpaired) electrons. The number of Topliss-reactive ketones (excluding diaryl/α,β-unsaturated/α-hetero) is 1. The zero-order valence-electron chi connectivity index (χ0n) is 22.1. The first-order chi connectivity index (χ1) is 16.4. The molecule has 2 rings (SSSR count). The number of ether oxygens (including phenoxy) is 1. The molecule has 6 nitrogen and oxygen atoms in total. The fraction of sp³-hybridized carbons (Fsp3) is 0.679. The van der Waals surface area contributed by atoms with Crippen LogP contribution in [0.1, 0.15) is 90.3 Å². The highest BCUT2D eigenvalue weighted by Gasteiger charge is 2.42. The molecule has 0 aromatic carbocycles. The van der Waals surface area contributed by atoms with Crippen LogP contribution in [0.15, 0.2) is 23.1 Å². The number of aromatic nitrogens is 1. The van der Waals surface area contributed by atoms with Gasteiger partial charge in [-0.3, -0.25) is 9.59 Å².